The van der Waals surface area contributed by atoms with Crippen LogP contribution in [0.25, 0.3) is 0 Å². The van der Waals surface area contributed by atoms with E-state index in [0.29, 0.717) is 11.1 Å². The number of rotatable bonds is 3. The molecule has 0 heterocycles. The van der Waals surface area contributed by atoms with Crippen LogP contribution in [0.3, 0.4) is 0 Å². The molecule has 2 aromatic rings. The first kappa shape index (κ1) is 25.0. The maximum absolute atomic E-state index is 13.6. The average molecular weight is 472 g/mol. The topological polar surface area (TPSA) is 55.4 Å². The second-order valence-corrected chi connectivity index (χ2v) is 11.6. The molecular weight excluding hydrogens is 434 g/mol. The third-order valence-electron chi connectivity index (χ3n) is 8.53. The smallest absolute Gasteiger partial charge is 0.337 e. The molecule has 0 atom stereocenters. The minimum atomic E-state index is -0.418. The zero-order chi connectivity index (χ0) is 25.9. The number of allylic oxidation sites excluding steroid dienone is 4. The highest BCUT2D eigenvalue weighted by molar-refractivity contribution is 6.06. The number of nitrogens with one attached hydrogen (secondary N) is 1. The molecule has 0 saturated carbocycles. The number of amides is 1. The Kier molecular flexibility index (Phi) is 5.86. The lowest BCUT2D eigenvalue weighted by Crippen LogP contribution is -2.38. The van der Waals surface area contributed by atoms with E-state index in [4.69, 9.17) is 4.74 Å². The first-order chi connectivity index (χ1) is 16.2. The highest BCUT2D eigenvalue weighted by Gasteiger charge is 2.44. The Labute approximate surface area is 209 Å². The molecule has 0 unspecified atom stereocenters. The molecule has 1 amide bonds. The van der Waals surface area contributed by atoms with Crippen molar-refractivity contribution in [3.05, 3.63) is 87.0 Å². The predicted octanol–water partition coefficient (Wildman–Crippen LogP) is 7.02. The molecule has 0 spiro atoms. The molecule has 1 N–H and O–H groups in total. The molecule has 4 nitrogen and oxygen atoms in total. The molecule has 2 aliphatic rings. The van der Waals surface area contributed by atoms with Crippen LogP contribution in [-0.2, 0) is 27.4 Å². The number of benzene rings is 2. The molecule has 184 valence electrons. The molecule has 0 aromatic heterocycles. The molecule has 35 heavy (non-hydrogen) atoms. The number of fused-ring (bicyclic) bond motifs is 2. The summed E-state index contributed by atoms with van der Waals surface area (Å²) in [5.74, 6) is -0.597. The monoisotopic (exact) mass is 471 g/mol. The Morgan fingerprint density at radius 1 is 0.857 bits per heavy atom. The Balaban J connectivity index is 1.92. The van der Waals surface area contributed by atoms with Crippen molar-refractivity contribution in [2.45, 2.75) is 78.1 Å². The molecular formula is C31H37NO3. The van der Waals surface area contributed by atoms with Gasteiger partial charge in [-0.25, -0.2) is 4.79 Å². The van der Waals surface area contributed by atoms with Gasteiger partial charge in [0, 0.05) is 27.5 Å². The second kappa shape index (κ2) is 8.22. The van der Waals surface area contributed by atoms with E-state index in [1.807, 2.05) is 0 Å². The number of esters is 1. The van der Waals surface area contributed by atoms with Crippen LogP contribution in [0, 0.1) is 0 Å². The van der Waals surface area contributed by atoms with Gasteiger partial charge in [-0.3, -0.25) is 4.79 Å². The van der Waals surface area contributed by atoms with E-state index in [1.54, 1.807) is 24.3 Å². The van der Waals surface area contributed by atoms with Gasteiger partial charge < -0.3 is 10.1 Å². The van der Waals surface area contributed by atoms with E-state index in [-0.39, 0.29) is 22.2 Å². The third-order valence-corrected chi connectivity index (χ3v) is 8.53. The Morgan fingerprint density at radius 3 is 2.03 bits per heavy atom. The van der Waals surface area contributed by atoms with E-state index in [1.165, 1.54) is 40.5 Å². The van der Waals surface area contributed by atoms with Crippen LogP contribution in [0.5, 0.6) is 0 Å². The number of hydrogen-bond donors (Lipinski definition) is 1. The number of anilines is 1. The number of methoxy groups -OCH3 is 1. The molecule has 0 saturated heterocycles. The lowest BCUT2D eigenvalue weighted by molar-refractivity contribution is 0.0600. The summed E-state index contributed by atoms with van der Waals surface area (Å²) in [5, 5.41) is 3.33. The number of ether oxygens (including phenoxy) is 1. The summed E-state index contributed by atoms with van der Waals surface area (Å²) >= 11 is 0. The maximum atomic E-state index is 13.6. The van der Waals surface area contributed by atoms with Gasteiger partial charge in [-0.15, -0.1) is 0 Å². The van der Waals surface area contributed by atoms with E-state index in [2.05, 4.69) is 78.9 Å². The van der Waals surface area contributed by atoms with Crippen molar-refractivity contribution in [2.24, 2.45) is 0 Å². The zero-order valence-corrected chi connectivity index (χ0v) is 22.5. The summed E-state index contributed by atoms with van der Waals surface area (Å²) in [6.07, 6.45) is 5.26. The van der Waals surface area contributed by atoms with Gasteiger partial charge in [0.15, 0.2) is 0 Å². The molecule has 0 radical (unpaired) electrons. The van der Waals surface area contributed by atoms with E-state index >= 15 is 0 Å². The molecule has 0 fully saturated rings. The quantitative estimate of drug-likeness (QED) is 0.386. The van der Waals surface area contributed by atoms with Gasteiger partial charge in [-0.2, -0.15) is 0 Å². The lowest BCUT2D eigenvalue weighted by atomic mass is 9.58. The summed E-state index contributed by atoms with van der Waals surface area (Å²) in [6.45, 7) is 18.0. The molecule has 4 heteroatoms. The average Bonchev–Trinajstić information content (AvgIpc) is 2.81. The Morgan fingerprint density at radius 2 is 1.43 bits per heavy atom. The van der Waals surface area contributed by atoms with Crippen LogP contribution in [0.2, 0.25) is 0 Å². The second-order valence-electron chi connectivity index (χ2n) is 11.6. The van der Waals surface area contributed by atoms with Crippen molar-refractivity contribution >= 4 is 17.6 Å². The maximum Gasteiger partial charge on any atom is 0.337 e. The van der Waals surface area contributed by atoms with Gasteiger partial charge in [0.2, 0.25) is 0 Å². The van der Waals surface area contributed by atoms with Crippen LogP contribution in [0.1, 0.15) is 98.4 Å². The van der Waals surface area contributed by atoms with Crippen LogP contribution in [0.15, 0.2) is 53.6 Å². The van der Waals surface area contributed by atoms with Gasteiger partial charge in [0.05, 0.1) is 12.7 Å². The van der Waals surface area contributed by atoms with Crippen molar-refractivity contribution in [3.63, 3.8) is 0 Å². The molecule has 4 rings (SSSR count). The van der Waals surface area contributed by atoms with Gasteiger partial charge in [0.1, 0.15) is 0 Å². The lowest BCUT2D eigenvalue weighted by Gasteiger charge is -2.47. The fourth-order valence-corrected chi connectivity index (χ4v) is 5.74. The summed E-state index contributed by atoms with van der Waals surface area (Å²) in [7, 11) is 1.35. The molecule has 0 bridgehead atoms. The molecule has 2 aromatic carbocycles. The van der Waals surface area contributed by atoms with E-state index in [9.17, 15) is 9.59 Å². The fourth-order valence-electron chi connectivity index (χ4n) is 5.74. The van der Waals surface area contributed by atoms with Crippen molar-refractivity contribution in [1.29, 1.82) is 0 Å². The number of carbonyl (C=O) groups is 2. The van der Waals surface area contributed by atoms with Gasteiger partial charge >= 0.3 is 5.97 Å². The predicted molar refractivity (Wildman–Crippen MR) is 142 cm³/mol. The van der Waals surface area contributed by atoms with E-state index in [0.717, 1.165) is 12.1 Å². The minimum absolute atomic E-state index is 0.130. The molecule has 0 aliphatic heterocycles. The number of hydrogen-bond acceptors (Lipinski definition) is 3. The van der Waals surface area contributed by atoms with E-state index < -0.39 is 5.97 Å². The minimum Gasteiger partial charge on any atom is -0.465 e. The highest BCUT2D eigenvalue weighted by atomic mass is 16.5. The Hall–Kier alpha value is -3.14. The first-order valence-corrected chi connectivity index (χ1v) is 12.3. The number of carbonyl (C=O) groups excluding carboxylic acids is 2. The van der Waals surface area contributed by atoms with Gasteiger partial charge in [-0.1, -0.05) is 70.9 Å². The Bertz CT molecular complexity index is 1290. The normalized spacial score (nSPS) is 19.0. The van der Waals surface area contributed by atoms with Crippen molar-refractivity contribution in [3.8, 4) is 0 Å². The SMILES string of the molecule is COC(=O)c1ccc(C(=O)Nc2c3c(cc4c2C(C)(C)C(C)=C(C)C4(C)C)C(C)(C)C=CC3)cc1. The van der Waals surface area contributed by atoms with Crippen LogP contribution in [-0.4, -0.2) is 19.0 Å². The van der Waals surface area contributed by atoms with Crippen LogP contribution >= 0.6 is 0 Å². The zero-order valence-electron chi connectivity index (χ0n) is 22.5. The van der Waals surface area contributed by atoms with Gasteiger partial charge in [0.25, 0.3) is 5.91 Å². The largest absolute Gasteiger partial charge is 0.465 e. The first-order valence-electron chi connectivity index (χ1n) is 12.3. The van der Waals surface area contributed by atoms with Gasteiger partial charge in [-0.05, 0) is 66.8 Å². The fraction of sp³-hybridized carbons (Fsp3) is 0.419. The van der Waals surface area contributed by atoms with Crippen molar-refractivity contribution < 1.29 is 14.3 Å². The highest BCUT2D eigenvalue weighted by Crippen LogP contribution is 2.54. The van der Waals surface area contributed by atoms with Crippen molar-refractivity contribution in [2.75, 3.05) is 12.4 Å². The van der Waals surface area contributed by atoms with Crippen molar-refractivity contribution in [1.82, 2.24) is 0 Å². The summed E-state index contributed by atoms with van der Waals surface area (Å²) in [6, 6.07) is 9.01. The van der Waals surface area contributed by atoms with Crippen LogP contribution in [0.4, 0.5) is 5.69 Å². The summed E-state index contributed by atoms with van der Waals surface area (Å²) < 4.78 is 4.79. The standard InChI is InChI=1S/C31H37NO3/c1-18-19(2)31(7,8)25-24(30(18,5)6)17-23-22(11-10-16-29(23,3)4)26(25)32-27(33)20-12-14-21(15-13-20)28(34)35-9/h10,12-17H,11H2,1-9H3,(H,32,33). The third kappa shape index (κ3) is 3.84. The summed E-state index contributed by atoms with van der Waals surface area (Å²) in [4.78, 5) is 25.4. The van der Waals surface area contributed by atoms with Crippen LogP contribution < -0.4 is 5.32 Å². The summed E-state index contributed by atoms with van der Waals surface area (Å²) in [5.41, 5.74) is 9.02. The molecule has 2 aliphatic carbocycles.